The van der Waals surface area contributed by atoms with Crippen LogP contribution < -0.4 is 4.74 Å². The van der Waals surface area contributed by atoms with Gasteiger partial charge in [0.1, 0.15) is 21.9 Å². The van der Waals surface area contributed by atoms with E-state index in [1.165, 1.54) is 22.2 Å². The lowest BCUT2D eigenvalue weighted by molar-refractivity contribution is 0.102. The van der Waals surface area contributed by atoms with Crippen molar-refractivity contribution in [1.82, 2.24) is 9.97 Å². The number of aryl methyl sites for hydroxylation is 2. The van der Waals surface area contributed by atoms with Gasteiger partial charge in [-0.2, -0.15) is 0 Å². The number of ether oxygens (including phenoxy) is 1. The zero-order valence-electron chi connectivity index (χ0n) is 13.8. The summed E-state index contributed by atoms with van der Waals surface area (Å²) in [6, 6.07) is 7.28. The Morgan fingerprint density at radius 2 is 1.96 bits per heavy atom. The summed E-state index contributed by atoms with van der Waals surface area (Å²) in [5.41, 5.74) is 1.89. The fourth-order valence-corrected chi connectivity index (χ4v) is 4.39. The normalized spacial score (nSPS) is 11.0. The summed E-state index contributed by atoms with van der Waals surface area (Å²) >= 11 is 3.14. The van der Waals surface area contributed by atoms with Crippen LogP contribution in [-0.4, -0.2) is 28.1 Å². The van der Waals surface area contributed by atoms with E-state index in [1.54, 1.807) is 17.7 Å². The van der Waals surface area contributed by atoms with E-state index >= 15 is 0 Å². The molecule has 0 radical (unpaired) electrons. The first-order chi connectivity index (χ1) is 11.6. The second-order valence-electron chi connectivity index (χ2n) is 5.31. The van der Waals surface area contributed by atoms with Crippen LogP contribution in [0.4, 0.5) is 0 Å². The molecule has 0 aliphatic rings. The van der Waals surface area contributed by atoms with Crippen molar-refractivity contribution in [2.75, 3.05) is 12.4 Å². The Morgan fingerprint density at radius 1 is 1.21 bits per heavy atom. The molecule has 0 N–H and O–H groups in total. The highest BCUT2D eigenvalue weighted by Gasteiger charge is 2.14. The number of nitrogens with zero attached hydrogens (tertiary/aromatic N) is 2. The molecule has 0 atom stereocenters. The number of carbonyl (C=O) groups is 1. The topological polar surface area (TPSA) is 52.1 Å². The SMILES string of the molecule is CCOc1ccc(C(=O)CSc2ncnc3sc(C)c(C)c23)cc1. The molecule has 0 bridgehead atoms. The Bertz CT molecular complexity index is 873. The fourth-order valence-electron chi connectivity index (χ4n) is 2.38. The van der Waals surface area contributed by atoms with Crippen LogP contribution in [0.2, 0.25) is 0 Å². The molecule has 24 heavy (non-hydrogen) atoms. The highest BCUT2D eigenvalue weighted by atomic mass is 32.2. The van der Waals surface area contributed by atoms with E-state index in [9.17, 15) is 4.79 Å². The molecular weight excluding hydrogens is 340 g/mol. The van der Waals surface area contributed by atoms with E-state index in [0.29, 0.717) is 17.9 Å². The van der Waals surface area contributed by atoms with Crippen LogP contribution in [0.5, 0.6) is 5.75 Å². The predicted octanol–water partition coefficient (Wildman–Crippen LogP) is 4.68. The number of rotatable bonds is 6. The summed E-state index contributed by atoms with van der Waals surface area (Å²) in [7, 11) is 0. The Balaban J connectivity index is 1.75. The molecular formula is C18H18N2O2S2. The van der Waals surface area contributed by atoms with E-state index in [4.69, 9.17) is 4.74 Å². The molecule has 0 amide bonds. The third-order valence-corrected chi connectivity index (χ3v) is 5.86. The predicted molar refractivity (Wildman–Crippen MR) is 99.6 cm³/mol. The summed E-state index contributed by atoms with van der Waals surface area (Å²) in [5.74, 6) is 1.22. The molecule has 0 aliphatic heterocycles. The maximum absolute atomic E-state index is 12.4. The van der Waals surface area contributed by atoms with Crippen molar-refractivity contribution in [2.45, 2.75) is 25.8 Å². The zero-order chi connectivity index (χ0) is 17.1. The first kappa shape index (κ1) is 16.9. The summed E-state index contributed by atoms with van der Waals surface area (Å²) in [5, 5.41) is 1.95. The molecule has 0 fully saturated rings. The molecule has 0 unspecified atom stereocenters. The number of benzene rings is 1. The second-order valence-corrected chi connectivity index (χ2v) is 7.48. The molecule has 2 heterocycles. The van der Waals surface area contributed by atoms with Crippen LogP contribution >= 0.6 is 23.1 Å². The third-order valence-electron chi connectivity index (χ3n) is 3.76. The van der Waals surface area contributed by atoms with E-state index in [0.717, 1.165) is 21.0 Å². The van der Waals surface area contributed by atoms with Gasteiger partial charge in [-0.05, 0) is 50.6 Å². The molecule has 0 saturated carbocycles. The zero-order valence-corrected chi connectivity index (χ0v) is 15.5. The second kappa shape index (κ2) is 7.32. The number of ketones is 1. The van der Waals surface area contributed by atoms with E-state index in [1.807, 2.05) is 31.2 Å². The van der Waals surface area contributed by atoms with E-state index in [2.05, 4.69) is 23.8 Å². The summed E-state index contributed by atoms with van der Waals surface area (Å²) < 4.78 is 5.40. The lowest BCUT2D eigenvalue weighted by Crippen LogP contribution is -2.03. The number of thiophene rings is 1. The number of hydrogen-bond donors (Lipinski definition) is 0. The van der Waals surface area contributed by atoms with Crippen LogP contribution in [0.25, 0.3) is 10.2 Å². The molecule has 3 aromatic rings. The maximum Gasteiger partial charge on any atom is 0.173 e. The van der Waals surface area contributed by atoms with Crippen molar-refractivity contribution >= 4 is 39.1 Å². The van der Waals surface area contributed by atoms with Gasteiger partial charge >= 0.3 is 0 Å². The lowest BCUT2D eigenvalue weighted by atomic mass is 10.1. The summed E-state index contributed by atoms with van der Waals surface area (Å²) in [4.78, 5) is 23.3. The molecule has 1 aromatic carbocycles. The number of aromatic nitrogens is 2. The number of fused-ring (bicyclic) bond motifs is 1. The number of hydrogen-bond acceptors (Lipinski definition) is 6. The molecule has 124 valence electrons. The molecule has 3 rings (SSSR count). The van der Waals surface area contributed by atoms with Crippen LogP contribution in [0.1, 0.15) is 27.7 Å². The molecule has 6 heteroatoms. The summed E-state index contributed by atoms with van der Waals surface area (Å²) in [6.45, 7) is 6.72. The van der Waals surface area contributed by atoms with Crippen LogP contribution in [0.3, 0.4) is 0 Å². The average molecular weight is 358 g/mol. The van der Waals surface area contributed by atoms with Crippen molar-refractivity contribution in [2.24, 2.45) is 0 Å². The van der Waals surface area contributed by atoms with Gasteiger partial charge in [0, 0.05) is 15.8 Å². The van der Waals surface area contributed by atoms with Gasteiger partial charge in [0.05, 0.1) is 12.4 Å². The molecule has 2 aromatic heterocycles. The van der Waals surface area contributed by atoms with Crippen molar-refractivity contribution < 1.29 is 9.53 Å². The van der Waals surface area contributed by atoms with E-state index in [-0.39, 0.29) is 5.78 Å². The van der Waals surface area contributed by atoms with Gasteiger partial charge in [-0.1, -0.05) is 11.8 Å². The van der Waals surface area contributed by atoms with Crippen LogP contribution in [-0.2, 0) is 0 Å². The van der Waals surface area contributed by atoms with E-state index < -0.39 is 0 Å². The van der Waals surface area contributed by atoms with Crippen molar-refractivity contribution in [3.63, 3.8) is 0 Å². The lowest BCUT2D eigenvalue weighted by Gasteiger charge is -2.05. The number of carbonyl (C=O) groups excluding carboxylic acids is 1. The molecule has 0 saturated heterocycles. The van der Waals surface area contributed by atoms with Gasteiger partial charge in [-0.25, -0.2) is 9.97 Å². The van der Waals surface area contributed by atoms with Gasteiger partial charge in [-0.3, -0.25) is 4.79 Å². The van der Waals surface area contributed by atoms with Gasteiger partial charge in [-0.15, -0.1) is 11.3 Å². The fraction of sp³-hybridized carbons (Fsp3) is 0.278. The Kier molecular flexibility index (Phi) is 5.16. The van der Waals surface area contributed by atoms with Gasteiger partial charge in [0.2, 0.25) is 0 Å². The summed E-state index contributed by atoms with van der Waals surface area (Å²) in [6.07, 6.45) is 1.57. The average Bonchev–Trinajstić information content (AvgIpc) is 2.89. The van der Waals surface area contributed by atoms with Crippen molar-refractivity contribution in [3.8, 4) is 5.75 Å². The Labute approximate surface area is 149 Å². The minimum absolute atomic E-state index is 0.0828. The highest BCUT2D eigenvalue weighted by molar-refractivity contribution is 8.00. The van der Waals surface area contributed by atoms with Crippen LogP contribution in [0, 0.1) is 13.8 Å². The number of Topliss-reactive ketones (excluding diaryl/α,β-unsaturated/α-hetero) is 1. The first-order valence-corrected chi connectivity index (χ1v) is 9.50. The largest absolute Gasteiger partial charge is 0.494 e. The maximum atomic E-state index is 12.4. The minimum atomic E-state index is 0.0828. The smallest absolute Gasteiger partial charge is 0.173 e. The van der Waals surface area contributed by atoms with Crippen molar-refractivity contribution in [1.29, 1.82) is 0 Å². The first-order valence-electron chi connectivity index (χ1n) is 7.69. The van der Waals surface area contributed by atoms with Gasteiger partial charge in [0.15, 0.2) is 5.78 Å². The van der Waals surface area contributed by atoms with Crippen molar-refractivity contribution in [3.05, 3.63) is 46.6 Å². The molecule has 0 spiro atoms. The monoisotopic (exact) mass is 358 g/mol. The Morgan fingerprint density at radius 3 is 2.67 bits per heavy atom. The molecule has 0 aliphatic carbocycles. The minimum Gasteiger partial charge on any atom is -0.494 e. The third kappa shape index (κ3) is 3.44. The quantitative estimate of drug-likeness (QED) is 0.364. The molecule has 4 nitrogen and oxygen atoms in total. The standard InChI is InChI=1S/C18H18N2O2S2/c1-4-22-14-7-5-13(6-8-14)15(21)9-23-17-16-11(2)12(3)24-18(16)20-10-19-17/h5-8,10H,4,9H2,1-3H3. The van der Waals surface area contributed by atoms with Gasteiger partial charge in [0.25, 0.3) is 0 Å². The van der Waals surface area contributed by atoms with Crippen LogP contribution in [0.15, 0.2) is 35.6 Å². The highest BCUT2D eigenvalue weighted by Crippen LogP contribution is 2.34. The number of thioether (sulfide) groups is 1. The Hall–Kier alpha value is -1.92. The van der Waals surface area contributed by atoms with Gasteiger partial charge < -0.3 is 4.74 Å².